The van der Waals surface area contributed by atoms with E-state index in [4.69, 9.17) is 9.15 Å². The van der Waals surface area contributed by atoms with Gasteiger partial charge in [-0.25, -0.2) is 8.42 Å². The van der Waals surface area contributed by atoms with Crippen molar-refractivity contribution in [3.8, 4) is 28.1 Å². The van der Waals surface area contributed by atoms with Crippen LogP contribution in [0.4, 0.5) is 5.69 Å². The number of hydrogen-bond acceptors (Lipinski definition) is 6. The molecule has 3 aromatic carbocycles. The summed E-state index contributed by atoms with van der Waals surface area (Å²) in [5.74, 6) is 0.745. The van der Waals surface area contributed by atoms with Crippen molar-refractivity contribution >= 4 is 43.5 Å². The van der Waals surface area contributed by atoms with Crippen molar-refractivity contribution in [2.24, 2.45) is 0 Å². The van der Waals surface area contributed by atoms with Crippen molar-refractivity contribution in [3.05, 3.63) is 72.0 Å². The topological polar surface area (TPSA) is 114 Å². The fourth-order valence-corrected chi connectivity index (χ4v) is 6.09. The van der Waals surface area contributed by atoms with E-state index in [0.717, 1.165) is 34.0 Å². The molecule has 5 aromatic rings. The average molecular weight is 574 g/mol. The number of hydrogen-bond donors (Lipinski definition) is 2. The Bertz CT molecular complexity index is 1970. The maximum atomic E-state index is 12.8. The number of benzene rings is 3. The number of fused-ring (bicyclic) bond motifs is 6. The molecule has 6 rings (SSSR count). The molecule has 0 saturated heterocycles. The minimum atomic E-state index is -3.63. The van der Waals surface area contributed by atoms with Crippen LogP contribution in [0.5, 0.6) is 5.75 Å². The van der Waals surface area contributed by atoms with Crippen LogP contribution in [0.2, 0.25) is 0 Å². The number of carbonyl (C=O) groups is 1. The monoisotopic (exact) mass is 573 g/mol. The quantitative estimate of drug-likeness (QED) is 0.315. The van der Waals surface area contributed by atoms with E-state index in [9.17, 15) is 18.3 Å². The van der Waals surface area contributed by atoms with Gasteiger partial charge in [0.05, 0.1) is 29.7 Å². The predicted molar refractivity (Wildman–Crippen MR) is 160 cm³/mol. The van der Waals surface area contributed by atoms with Crippen LogP contribution in [0.1, 0.15) is 23.0 Å². The standard InChI is InChI=1S/C31H31N3O6S/c1-18-29(30(35)32-3)23-14-21(25(15-28(23)40-18)33(4)41(5,37)38)19-10-11-27-22(12-19)26-13-20-8-6-7-9-24(20)34(26)16-31(2,36)17-39-27/h6-15,36H,16-17H2,1-5H3,(H,32,35). The van der Waals surface area contributed by atoms with Gasteiger partial charge in [0, 0.05) is 47.6 Å². The fourth-order valence-electron chi connectivity index (χ4n) is 5.58. The number of nitrogens with zero attached hydrogens (tertiary/aromatic N) is 2. The Labute approximate surface area is 238 Å². The summed E-state index contributed by atoms with van der Waals surface area (Å²) in [5, 5.41) is 15.3. The normalized spacial score (nSPS) is 16.9. The first kappa shape index (κ1) is 26.9. The lowest BCUT2D eigenvalue weighted by atomic mass is 9.96. The average Bonchev–Trinajstić information content (AvgIpc) is 3.44. The van der Waals surface area contributed by atoms with Crippen LogP contribution >= 0.6 is 0 Å². The van der Waals surface area contributed by atoms with Crippen molar-refractivity contribution in [1.29, 1.82) is 0 Å². The highest BCUT2D eigenvalue weighted by Gasteiger charge is 2.30. The van der Waals surface area contributed by atoms with Crippen LogP contribution in [0, 0.1) is 6.92 Å². The van der Waals surface area contributed by atoms with Gasteiger partial charge >= 0.3 is 0 Å². The van der Waals surface area contributed by atoms with E-state index in [1.807, 2.05) is 42.5 Å². The summed E-state index contributed by atoms with van der Waals surface area (Å²) >= 11 is 0. The number of aryl methyl sites for hydroxylation is 1. The number of ether oxygens (including phenoxy) is 1. The molecule has 1 amide bonds. The lowest BCUT2D eigenvalue weighted by molar-refractivity contribution is -0.00290. The van der Waals surface area contributed by atoms with E-state index in [1.54, 1.807) is 33.0 Å². The molecule has 0 aliphatic carbocycles. The number of aliphatic hydroxyl groups is 1. The highest BCUT2D eigenvalue weighted by molar-refractivity contribution is 7.92. The molecule has 1 aliphatic heterocycles. The van der Waals surface area contributed by atoms with Crippen LogP contribution in [0.25, 0.3) is 44.3 Å². The minimum Gasteiger partial charge on any atom is -0.490 e. The third-order valence-corrected chi connectivity index (χ3v) is 8.88. The van der Waals surface area contributed by atoms with Crippen molar-refractivity contribution in [2.45, 2.75) is 26.0 Å². The van der Waals surface area contributed by atoms with Gasteiger partial charge in [0.25, 0.3) is 5.91 Å². The lowest BCUT2D eigenvalue weighted by Crippen LogP contribution is -2.38. The van der Waals surface area contributed by atoms with Crippen LogP contribution in [-0.2, 0) is 16.6 Å². The number of carbonyl (C=O) groups excluding carboxylic acids is 1. The van der Waals surface area contributed by atoms with Crippen LogP contribution in [0.15, 0.2) is 65.1 Å². The summed E-state index contributed by atoms with van der Waals surface area (Å²) in [6.45, 7) is 3.89. The molecule has 10 heteroatoms. The Morgan fingerprint density at radius 2 is 1.85 bits per heavy atom. The Morgan fingerprint density at radius 1 is 1.10 bits per heavy atom. The zero-order valence-corrected chi connectivity index (χ0v) is 24.3. The molecule has 3 heterocycles. The van der Waals surface area contributed by atoms with Crippen molar-refractivity contribution in [1.82, 2.24) is 9.88 Å². The van der Waals surface area contributed by atoms with E-state index in [2.05, 4.69) is 16.0 Å². The number of rotatable bonds is 4. The van der Waals surface area contributed by atoms with Gasteiger partial charge in [-0.1, -0.05) is 24.3 Å². The lowest BCUT2D eigenvalue weighted by Gasteiger charge is -2.29. The van der Waals surface area contributed by atoms with E-state index < -0.39 is 15.6 Å². The van der Waals surface area contributed by atoms with E-state index >= 15 is 0 Å². The van der Waals surface area contributed by atoms with E-state index in [-0.39, 0.29) is 12.5 Å². The van der Waals surface area contributed by atoms with Crippen LogP contribution < -0.4 is 14.4 Å². The number of nitrogens with one attached hydrogen (secondary N) is 1. The van der Waals surface area contributed by atoms with Gasteiger partial charge in [0.2, 0.25) is 10.0 Å². The second kappa shape index (κ2) is 9.39. The van der Waals surface area contributed by atoms with Gasteiger partial charge in [-0.05, 0) is 49.7 Å². The van der Waals surface area contributed by atoms with Gasteiger partial charge in [-0.2, -0.15) is 0 Å². The molecule has 1 aliphatic rings. The molecule has 9 nitrogen and oxygen atoms in total. The highest BCUT2D eigenvalue weighted by Crippen LogP contribution is 2.43. The molecule has 0 saturated carbocycles. The van der Waals surface area contributed by atoms with Gasteiger partial charge in [-0.15, -0.1) is 0 Å². The smallest absolute Gasteiger partial charge is 0.255 e. The highest BCUT2D eigenvalue weighted by atomic mass is 32.2. The Kier molecular flexibility index (Phi) is 6.16. The fraction of sp³-hybridized carbons (Fsp3) is 0.258. The summed E-state index contributed by atoms with van der Waals surface area (Å²) in [6, 6.07) is 19.2. The molecule has 0 bridgehead atoms. The molecule has 0 fully saturated rings. The third kappa shape index (κ3) is 4.53. The summed E-state index contributed by atoms with van der Waals surface area (Å²) in [6.07, 6.45) is 1.14. The van der Waals surface area contributed by atoms with Crippen LogP contribution in [-0.4, -0.2) is 56.6 Å². The largest absolute Gasteiger partial charge is 0.490 e. The van der Waals surface area contributed by atoms with Gasteiger partial charge in [0.1, 0.15) is 29.3 Å². The Morgan fingerprint density at radius 3 is 2.59 bits per heavy atom. The molecule has 1 unspecified atom stereocenters. The molecule has 2 aromatic heterocycles. The first-order valence-electron chi connectivity index (χ1n) is 13.2. The van der Waals surface area contributed by atoms with Crippen molar-refractivity contribution in [3.63, 3.8) is 0 Å². The van der Waals surface area contributed by atoms with Gasteiger partial charge < -0.3 is 24.1 Å². The van der Waals surface area contributed by atoms with E-state index in [0.29, 0.717) is 45.8 Å². The van der Waals surface area contributed by atoms with Crippen LogP contribution in [0.3, 0.4) is 0 Å². The molecular weight excluding hydrogens is 542 g/mol. The second-order valence-electron chi connectivity index (χ2n) is 10.9. The SMILES string of the molecule is CNC(=O)c1c(C)oc2cc(N(C)S(C)(=O)=O)c(-c3ccc4c(c3)-c3cc5ccccc5n3CC(C)(O)CO4)cc12. The van der Waals surface area contributed by atoms with Gasteiger partial charge in [-0.3, -0.25) is 9.10 Å². The number of aromatic nitrogens is 1. The number of furan rings is 1. The number of sulfonamides is 1. The zero-order valence-electron chi connectivity index (χ0n) is 23.5. The zero-order chi connectivity index (χ0) is 29.3. The summed E-state index contributed by atoms with van der Waals surface area (Å²) in [5.41, 5.74) is 4.11. The van der Waals surface area contributed by atoms with Gasteiger partial charge in [0.15, 0.2) is 0 Å². The first-order chi connectivity index (χ1) is 19.4. The number of anilines is 1. The Balaban J connectivity index is 1.64. The van der Waals surface area contributed by atoms with E-state index in [1.165, 1.54) is 11.4 Å². The molecular formula is C31H31N3O6S. The molecule has 0 radical (unpaired) electrons. The van der Waals surface area contributed by atoms with Crippen molar-refractivity contribution in [2.75, 3.05) is 31.3 Å². The second-order valence-corrected chi connectivity index (χ2v) is 12.9. The minimum absolute atomic E-state index is 0.100. The summed E-state index contributed by atoms with van der Waals surface area (Å²) in [7, 11) is -0.584. The maximum absolute atomic E-state index is 12.8. The molecule has 212 valence electrons. The van der Waals surface area contributed by atoms with Crippen molar-refractivity contribution < 1.29 is 27.5 Å². The molecule has 0 spiro atoms. The maximum Gasteiger partial charge on any atom is 0.255 e. The third-order valence-electron chi connectivity index (χ3n) is 7.69. The predicted octanol–water partition coefficient (Wildman–Crippen LogP) is 4.93. The summed E-state index contributed by atoms with van der Waals surface area (Å²) in [4.78, 5) is 12.8. The molecule has 1 atom stereocenters. The summed E-state index contributed by atoms with van der Waals surface area (Å²) < 4.78 is 40.7. The first-order valence-corrected chi connectivity index (χ1v) is 15.0. The number of para-hydroxylation sites is 1. The molecule has 41 heavy (non-hydrogen) atoms. The number of amides is 1. The molecule has 2 N–H and O–H groups in total. The Hall–Kier alpha value is -4.28.